The van der Waals surface area contributed by atoms with Crippen molar-refractivity contribution in [1.82, 2.24) is 10.3 Å². The highest BCUT2D eigenvalue weighted by Crippen LogP contribution is 2.32. The molecule has 2 aromatic heterocycles. The molecule has 0 unspecified atom stereocenters. The van der Waals surface area contributed by atoms with E-state index in [9.17, 15) is 4.79 Å². The summed E-state index contributed by atoms with van der Waals surface area (Å²) >= 11 is 1.68. The Kier molecular flexibility index (Phi) is 5.12. The standard InChI is InChI=1S/C22H18N2O2S/c25-22(23-13-14-26-16-7-2-1-3-8-16)20-11-6-10-19(24-20)18-15-27-21-12-5-4-9-17(18)21/h1-12,15H,13-14H2,(H,23,25). The lowest BCUT2D eigenvalue weighted by Crippen LogP contribution is -2.28. The summed E-state index contributed by atoms with van der Waals surface area (Å²) in [4.78, 5) is 17.0. The van der Waals surface area contributed by atoms with Crippen molar-refractivity contribution in [2.24, 2.45) is 0 Å². The van der Waals surface area contributed by atoms with Gasteiger partial charge in [-0.2, -0.15) is 0 Å². The fourth-order valence-electron chi connectivity index (χ4n) is 2.83. The minimum absolute atomic E-state index is 0.201. The second-order valence-corrected chi connectivity index (χ2v) is 6.88. The van der Waals surface area contributed by atoms with Gasteiger partial charge >= 0.3 is 0 Å². The molecule has 0 atom stereocenters. The van der Waals surface area contributed by atoms with Crippen LogP contribution in [0.5, 0.6) is 5.75 Å². The molecule has 0 aliphatic rings. The third kappa shape index (κ3) is 3.99. The second-order valence-electron chi connectivity index (χ2n) is 5.97. The van der Waals surface area contributed by atoms with E-state index in [1.165, 1.54) is 4.70 Å². The number of carbonyl (C=O) groups is 1. The summed E-state index contributed by atoms with van der Waals surface area (Å²) in [5.74, 6) is 0.587. The van der Waals surface area contributed by atoms with Crippen LogP contribution in [0.15, 0.2) is 78.2 Å². The first-order valence-corrected chi connectivity index (χ1v) is 9.59. The molecule has 27 heavy (non-hydrogen) atoms. The van der Waals surface area contributed by atoms with Crippen molar-refractivity contribution in [3.8, 4) is 17.0 Å². The maximum atomic E-state index is 12.4. The van der Waals surface area contributed by atoms with Crippen molar-refractivity contribution in [2.75, 3.05) is 13.2 Å². The number of hydrogen-bond acceptors (Lipinski definition) is 4. The molecular weight excluding hydrogens is 356 g/mol. The number of benzene rings is 2. The topological polar surface area (TPSA) is 51.2 Å². The highest BCUT2D eigenvalue weighted by atomic mass is 32.1. The van der Waals surface area contributed by atoms with Gasteiger partial charge in [-0.3, -0.25) is 4.79 Å². The summed E-state index contributed by atoms with van der Waals surface area (Å²) in [7, 11) is 0. The molecule has 5 heteroatoms. The Labute approximate surface area is 161 Å². The van der Waals surface area contributed by atoms with Crippen LogP contribution in [0.1, 0.15) is 10.5 Å². The largest absolute Gasteiger partial charge is 0.492 e. The predicted molar refractivity (Wildman–Crippen MR) is 109 cm³/mol. The van der Waals surface area contributed by atoms with Crippen LogP contribution in [-0.2, 0) is 0 Å². The average molecular weight is 374 g/mol. The summed E-state index contributed by atoms with van der Waals surface area (Å²) in [5.41, 5.74) is 2.26. The molecule has 0 aliphatic heterocycles. The number of thiophene rings is 1. The number of ether oxygens (including phenoxy) is 1. The number of para-hydroxylation sites is 1. The van der Waals surface area contributed by atoms with Crippen molar-refractivity contribution in [2.45, 2.75) is 0 Å². The Bertz CT molecular complexity index is 1060. The molecule has 1 amide bonds. The van der Waals surface area contributed by atoms with E-state index in [0.717, 1.165) is 22.4 Å². The Morgan fingerprint density at radius 3 is 2.67 bits per heavy atom. The molecule has 0 radical (unpaired) electrons. The van der Waals surface area contributed by atoms with Crippen LogP contribution >= 0.6 is 11.3 Å². The number of aromatic nitrogens is 1. The number of amides is 1. The van der Waals surface area contributed by atoms with Crippen molar-refractivity contribution in [3.05, 3.63) is 83.9 Å². The molecule has 4 nitrogen and oxygen atoms in total. The van der Waals surface area contributed by atoms with Crippen LogP contribution in [-0.4, -0.2) is 24.0 Å². The van der Waals surface area contributed by atoms with Crippen LogP contribution in [0.4, 0.5) is 0 Å². The lowest BCUT2D eigenvalue weighted by Gasteiger charge is -2.08. The Hall–Kier alpha value is -3.18. The molecule has 4 aromatic rings. The molecule has 0 spiro atoms. The van der Waals surface area contributed by atoms with Crippen LogP contribution in [0.3, 0.4) is 0 Å². The minimum atomic E-state index is -0.201. The van der Waals surface area contributed by atoms with E-state index in [1.807, 2.05) is 54.6 Å². The molecule has 0 saturated carbocycles. The van der Waals surface area contributed by atoms with Crippen molar-refractivity contribution in [3.63, 3.8) is 0 Å². The van der Waals surface area contributed by atoms with E-state index < -0.39 is 0 Å². The van der Waals surface area contributed by atoms with Crippen molar-refractivity contribution >= 4 is 27.3 Å². The van der Waals surface area contributed by atoms with Gasteiger partial charge in [0, 0.05) is 21.0 Å². The van der Waals surface area contributed by atoms with E-state index in [1.54, 1.807) is 17.4 Å². The summed E-state index contributed by atoms with van der Waals surface area (Å²) in [5, 5.41) is 6.10. The number of pyridine rings is 1. The minimum Gasteiger partial charge on any atom is -0.492 e. The van der Waals surface area contributed by atoms with Gasteiger partial charge in [-0.25, -0.2) is 4.98 Å². The Morgan fingerprint density at radius 2 is 1.78 bits per heavy atom. The van der Waals surface area contributed by atoms with Gasteiger partial charge in [0.2, 0.25) is 0 Å². The van der Waals surface area contributed by atoms with E-state index >= 15 is 0 Å². The molecule has 1 N–H and O–H groups in total. The highest BCUT2D eigenvalue weighted by molar-refractivity contribution is 7.17. The summed E-state index contributed by atoms with van der Waals surface area (Å²) < 4.78 is 6.80. The van der Waals surface area contributed by atoms with E-state index in [-0.39, 0.29) is 5.91 Å². The number of carbonyl (C=O) groups excluding carboxylic acids is 1. The maximum Gasteiger partial charge on any atom is 0.270 e. The monoisotopic (exact) mass is 374 g/mol. The van der Waals surface area contributed by atoms with Gasteiger partial charge in [-0.15, -0.1) is 11.3 Å². The quantitative estimate of drug-likeness (QED) is 0.495. The smallest absolute Gasteiger partial charge is 0.270 e. The summed E-state index contributed by atoms with van der Waals surface area (Å²) in [6.45, 7) is 0.825. The number of nitrogens with zero attached hydrogens (tertiary/aromatic N) is 1. The van der Waals surface area contributed by atoms with Crippen molar-refractivity contribution < 1.29 is 9.53 Å². The molecule has 4 rings (SSSR count). The van der Waals surface area contributed by atoms with Crippen LogP contribution < -0.4 is 10.1 Å². The summed E-state index contributed by atoms with van der Waals surface area (Å²) in [6, 6.07) is 23.3. The van der Waals surface area contributed by atoms with Gasteiger partial charge in [0.15, 0.2) is 0 Å². The first-order chi connectivity index (χ1) is 13.3. The molecule has 0 bridgehead atoms. The normalized spacial score (nSPS) is 10.7. The fourth-order valence-corrected chi connectivity index (χ4v) is 3.78. The molecule has 0 saturated heterocycles. The van der Waals surface area contributed by atoms with E-state index in [2.05, 4.69) is 27.8 Å². The van der Waals surface area contributed by atoms with Gasteiger partial charge in [-0.1, -0.05) is 42.5 Å². The average Bonchev–Trinajstić information content (AvgIpc) is 3.16. The predicted octanol–water partition coefficient (Wildman–Crippen LogP) is 4.77. The lowest BCUT2D eigenvalue weighted by atomic mass is 10.1. The zero-order valence-electron chi connectivity index (χ0n) is 14.6. The molecule has 2 heterocycles. The van der Waals surface area contributed by atoms with Gasteiger partial charge in [0.05, 0.1) is 12.2 Å². The number of fused-ring (bicyclic) bond motifs is 1. The van der Waals surface area contributed by atoms with Crippen LogP contribution in [0, 0.1) is 0 Å². The first kappa shape index (κ1) is 17.2. The molecular formula is C22H18N2O2S. The first-order valence-electron chi connectivity index (χ1n) is 8.71. The zero-order valence-corrected chi connectivity index (χ0v) is 15.4. The van der Waals surface area contributed by atoms with Gasteiger partial charge < -0.3 is 10.1 Å². The van der Waals surface area contributed by atoms with E-state index in [0.29, 0.717) is 18.8 Å². The van der Waals surface area contributed by atoms with Crippen molar-refractivity contribution in [1.29, 1.82) is 0 Å². The van der Waals surface area contributed by atoms with Crippen LogP contribution in [0.2, 0.25) is 0 Å². The Balaban J connectivity index is 1.42. The number of rotatable bonds is 6. The highest BCUT2D eigenvalue weighted by Gasteiger charge is 2.11. The number of nitrogens with one attached hydrogen (secondary N) is 1. The van der Waals surface area contributed by atoms with Gasteiger partial charge in [-0.05, 0) is 30.3 Å². The molecule has 0 aliphatic carbocycles. The zero-order chi connectivity index (χ0) is 18.5. The van der Waals surface area contributed by atoms with E-state index in [4.69, 9.17) is 4.74 Å². The second kappa shape index (κ2) is 8.01. The SMILES string of the molecule is O=C(NCCOc1ccccc1)c1cccc(-c2csc3ccccc23)n1. The third-order valence-corrected chi connectivity index (χ3v) is 5.10. The summed E-state index contributed by atoms with van der Waals surface area (Å²) in [6.07, 6.45) is 0. The molecule has 134 valence electrons. The van der Waals surface area contributed by atoms with Gasteiger partial charge in [0.1, 0.15) is 18.1 Å². The third-order valence-electron chi connectivity index (χ3n) is 4.14. The fraction of sp³-hybridized carbons (Fsp3) is 0.0909. The number of hydrogen-bond donors (Lipinski definition) is 1. The molecule has 2 aromatic carbocycles. The van der Waals surface area contributed by atoms with Crippen LogP contribution in [0.25, 0.3) is 21.3 Å². The maximum absolute atomic E-state index is 12.4. The van der Waals surface area contributed by atoms with Gasteiger partial charge in [0.25, 0.3) is 5.91 Å². The Morgan fingerprint density at radius 1 is 0.963 bits per heavy atom. The molecule has 0 fully saturated rings. The lowest BCUT2D eigenvalue weighted by molar-refractivity contribution is 0.0942.